The molecule has 1 aliphatic rings. The van der Waals surface area contributed by atoms with Gasteiger partial charge in [0.15, 0.2) is 0 Å². The molecule has 1 saturated carbocycles. The van der Waals surface area contributed by atoms with Gasteiger partial charge in [0.1, 0.15) is 0 Å². The van der Waals surface area contributed by atoms with E-state index in [-0.39, 0.29) is 0 Å². The van der Waals surface area contributed by atoms with Gasteiger partial charge in [0.25, 0.3) is 0 Å². The van der Waals surface area contributed by atoms with Gasteiger partial charge in [-0.15, -0.1) is 0 Å². The predicted octanol–water partition coefficient (Wildman–Crippen LogP) is 5.48. The summed E-state index contributed by atoms with van der Waals surface area (Å²) >= 11 is 0. The van der Waals surface area contributed by atoms with E-state index in [1.54, 1.807) is 0 Å². The average molecular weight is 266 g/mol. The van der Waals surface area contributed by atoms with Gasteiger partial charge in [0.2, 0.25) is 0 Å². The fourth-order valence-electron chi connectivity index (χ4n) is 2.85. The molecule has 0 radical (unpaired) electrons. The van der Waals surface area contributed by atoms with Crippen LogP contribution in [0.3, 0.4) is 0 Å². The second-order valence-electron chi connectivity index (χ2n) is 6.22. The lowest BCUT2D eigenvalue weighted by Gasteiger charge is -1.98. The first-order valence-electron chi connectivity index (χ1n) is 8.66. The van der Waals surface area contributed by atoms with Crippen LogP contribution >= 0.6 is 0 Å². The van der Waals surface area contributed by atoms with Crippen LogP contribution in [0.4, 0.5) is 0 Å². The molecule has 2 atom stereocenters. The molecule has 1 heteroatoms. The molecular weight excluding hydrogens is 232 g/mol. The van der Waals surface area contributed by atoms with E-state index >= 15 is 0 Å². The van der Waals surface area contributed by atoms with Crippen LogP contribution in [0.15, 0.2) is 12.2 Å². The Balaban J connectivity index is 1.83. The summed E-state index contributed by atoms with van der Waals surface area (Å²) in [5.41, 5.74) is 0. The molecule has 0 unspecified atom stereocenters. The molecule has 0 aromatic rings. The minimum atomic E-state index is 0.367. The highest BCUT2D eigenvalue weighted by atomic mass is 16.2. The van der Waals surface area contributed by atoms with E-state index in [2.05, 4.69) is 19.1 Å². The SMILES string of the molecule is CCCCCCCC/C=C\[C@H]1C[C@H]1CCCCCO. The van der Waals surface area contributed by atoms with Crippen LogP contribution in [0, 0.1) is 11.8 Å². The molecule has 1 nitrogen and oxygen atoms in total. The van der Waals surface area contributed by atoms with E-state index in [0.29, 0.717) is 6.61 Å². The second-order valence-corrected chi connectivity index (χ2v) is 6.22. The third-order valence-corrected chi connectivity index (χ3v) is 4.32. The Hall–Kier alpha value is -0.300. The molecule has 0 spiro atoms. The molecule has 1 fully saturated rings. The van der Waals surface area contributed by atoms with Crippen LogP contribution in [-0.2, 0) is 0 Å². The zero-order valence-corrected chi connectivity index (χ0v) is 12.9. The Morgan fingerprint density at radius 3 is 2.47 bits per heavy atom. The van der Waals surface area contributed by atoms with Crippen LogP contribution < -0.4 is 0 Å². The quantitative estimate of drug-likeness (QED) is 0.345. The van der Waals surface area contributed by atoms with Crippen LogP contribution in [-0.4, -0.2) is 11.7 Å². The van der Waals surface area contributed by atoms with Crippen LogP contribution in [0.25, 0.3) is 0 Å². The molecule has 1 rings (SSSR count). The number of unbranched alkanes of at least 4 members (excludes halogenated alkanes) is 8. The predicted molar refractivity (Wildman–Crippen MR) is 84.3 cm³/mol. The molecular formula is C18H34O. The third kappa shape index (κ3) is 9.27. The first-order valence-corrected chi connectivity index (χ1v) is 8.66. The Labute approximate surface area is 120 Å². The summed E-state index contributed by atoms with van der Waals surface area (Å²) in [4.78, 5) is 0. The number of rotatable bonds is 13. The first-order chi connectivity index (χ1) is 9.38. The van der Waals surface area contributed by atoms with E-state index in [0.717, 1.165) is 18.3 Å². The summed E-state index contributed by atoms with van der Waals surface area (Å²) < 4.78 is 0. The molecule has 112 valence electrons. The van der Waals surface area contributed by atoms with Gasteiger partial charge in [0.05, 0.1) is 0 Å². The number of allylic oxidation sites excluding steroid dienone is 2. The van der Waals surface area contributed by atoms with Crippen LogP contribution in [0.5, 0.6) is 0 Å². The molecule has 0 aliphatic heterocycles. The molecule has 19 heavy (non-hydrogen) atoms. The van der Waals surface area contributed by atoms with Gasteiger partial charge in [-0.25, -0.2) is 0 Å². The fraction of sp³-hybridized carbons (Fsp3) is 0.889. The zero-order chi connectivity index (χ0) is 13.8. The van der Waals surface area contributed by atoms with Crippen molar-refractivity contribution in [3.63, 3.8) is 0 Å². The third-order valence-electron chi connectivity index (χ3n) is 4.32. The largest absolute Gasteiger partial charge is 0.396 e. The van der Waals surface area contributed by atoms with E-state index in [4.69, 9.17) is 5.11 Å². The summed E-state index contributed by atoms with van der Waals surface area (Å²) in [5.74, 6) is 1.87. The topological polar surface area (TPSA) is 20.2 Å². The van der Waals surface area contributed by atoms with Gasteiger partial charge in [-0.2, -0.15) is 0 Å². The van der Waals surface area contributed by atoms with Crippen molar-refractivity contribution in [1.82, 2.24) is 0 Å². The van der Waals surface area contributed by atoms with Gasteiger partial charge in [-0.1, -0.05) is 64.0 Å². The molecule has 1 N–H and O–H groups in total. The molecule has 0 saturated heterocycles. The maximum atomic E-state index is 8.72. The van der Waals surface area contributed by atoms with Crippen molar-refractivity contribution in [3.05, 3.63) is 12.2 Å². The van der Waals surface area contributed by atoms with Crippen molar-refractivity contribution in [3.8, 4) is 0 Å². The monoisotopic (exact) mass is 266 g/mol. The van der Waals surface area contributed by atoms with Crippen LogP contribution in [0.1, 0.15) is 84.0 Å². The molecule has 0 aromatic heterocycles. The number of aliphatic hydroxyl groups is 1. The van der Waals surface area contributed by atoms with Gasteiger partial charge in [0, 0.05) is 6.61 Å². The molecule has 1 aliphatic carbocycles. The van der Waals surface area contributed by atoms with E-state index < -0.39 is 0 Å². The number of hydrogen-bond acceptors (Lipinski definition) is 1. The Bertz CT molecular complexity index is 222. The van der Waals surface area contributed by atoms with Gasteiger partial charge >= 0.3 is 0 Å². The van der Waals surface area contributed by atoms with E-state index in [1.807, 2.05) is 0 Å². The lowest BCUT2D eigenvalue weighted by atomic mass is 10.1. The minimum absolute atomic E-state index is 0.367. The highest BCUT2D eigenvalue weighted by Gasteiger charge is 2.33. The van der Waals surface area contributed by atoms with E-state index in [9.17, 15) is 0 Å². The van der Waals surface area contributed by atoms with Crippen molar-refractivity contribution in [2.45, 2.75) is 84.0 Å². The zero-order valence-electron chi connectivity index (χ0n) is 12.9. The molecule has 0 bridgehead atoms. The van der Waals surface area contributed by atoms with Gasteiger partial charge in [-0.05, 0) is 43.9 Å². The molecule has 0 heterocycles. The lowest BCUT2D eigenvalue weighted by molar-refractivity contribution is 0.282. The fourth-order valence-corrected chi connectivity index (χ4v) is 2.85. The number of aliphatic hydroxyl groups excluding tert-OH is 1. The summed E-state index contributed by atoms with van der Waals surface area (Å²) in [6.45, 7) is 2.64. The summed E-state index contributed by atoms with van der Waals surface area (Å²) in [6, 6.07) is 0. The molecule has 0 amide bonds. The smallest absolute Gasteiger partial charge is 0.0431 e. The summed E-state index contributed by atoms with van der Waals surface area (Å²) in [6.07, 6.45) is 20.9. The average Bonchev–Trinajstić information content (AvgIpc) is 3.16. The maximum absolute atomic E-state index is 8.72. The normalized spacial score (nSPS) is 22.2. The Kier molecular flexibility index (Phi) is 10.2. The van der Waals surface area contributed by atoms with Crippen molar-refractivity contribution < 1.29 is 5.11 Å². The van der Waals surface area contributed by atoms with Gasteiger partial charge < -0.3 is 5.11 Å². The van der Waals surface area contributed by atoms with Crippen molar-refractivity contribution in [2.75, 3.05) is 6.61 Å². The van der Waals surface area contributed by atoms with Crippen LogP contribution in [0.2, 0.25) is 0 Å². The second kappa shape index (κ2) is 11.5. The van der Waals surface area contributed by atoms with Crippen molar-refractivity contribution in [2.24, 2.45) is 11.8 Å². The standard InChI is InChI=1S/C18H34O/c1-2-3-4-5-6-7-8-10-13-17-16-18(17)14-11-9-12-15-19/h10,13,17-19H,2-9,11-12,14-16H2,1H3/b13-10-/t17-,18+/m0/s1. The van der Waals surface area contributed by atoms with Crippen molar-refractivity contribution in [1.29, 1.82) is 0 Å². The molecule has 0 aromatic carbocycles. The first kappa shape index (κ1) is 16.8. The highest BCUT2D eigenvalue weighted by Crippen LogP contribution is 2.43. The Morgan fingerprint density at radius 1 is 0.947 bits per heavy atom. The summed E-state index contributed by atoms with van der Waals surface area (Å²) in [5, 5.41) is 8.72. The minimum Gasteiger partial charge on any atom is -0.396 e. The lowest BCUT2D eigenvalue weighted by Crippen LogP contribution is -1.85. The van der Waals surface area contributed by atoms with Gasteiger partial charge in [-0.3, -0.25) is 0 Å². The van der Waals surface area contributed by atoms with E-state index in [1.165, 1.54) is 70.6 Å². The number of hydrogen-bond donors (Lipinski definition) is 1. The maximum Gasteiger partial charge on any atom is 0.0431 e. The highest BCUT2D eigenvalue weighted by molar-refractivity contribution is 5.01. The Morgan fingerprint density at radius 2 is 1.68 bits per heavy atom. The van der Waals surface area contributed by atoms with Crippen molar-refractivity contribution >= 4 is 0 Å². The summed E-state index contributed by atoms with van der Waals surface area (Å²) in [7, 11) is 0.